The van der Waals surface area contributed by atoms with E-state index in [0.717, 1.165) is 0 Å². The molecule has 1 aromatic rings. The van der Waals surface area contributed by atoms with Crippen molar-refractivity contribution >= 4 is 36.3 Å². The normalized spacial score (nSPS) is 27.1. The molecule has 1 heterocycles. The van der Waals surface area contributed by atoms with Gasteiger partial charge in [0.05, 0.1) is 30.9 Å². The molecule has 1 fully saturated rings. The largest absolute Gasteiger partial charge is 0.453 e. The lowest BCUT2D eigenvalue weighted by molar-refractivity contribution is -0.272. The molecule has 0 spiro atoms. The van der Waals surface area contributed by atoms with Crippen LogP contribution in [-0.4, -0.2) is 92.4 Å². The Morgan fingerprint density at radius 1 is 0.875 bits per heavy atom. The zero-order valence-corrected chi connectivity index (χ0v) is 19.5. The van der Waals surface area contributed by atoms with Crippen molar-refractivity contribution < 1.29 is 57.2 Å². The van der Waals surface area contributed by atoms with Crippen molar-refractivity contribution in [1.29, 1.82) is 0 Å². The van der Waals surface area contributed by atoms with E-state index < -0.39 is 73.6 Å². The van der Waals surface area contributed by atoms with Crippen molar-refractivity contribution in [3.63, 3.8) is 0 Å². The Hall–Kier alpha value is -1.66. The summed E-state index contributed by atoms with van der Waals surface area (Å²) in [6, 6.07) is 7.35. The Morgan fingerprint density at radius 2 is 1.41 bits per heavy atom. The van der Waals surface area contributed by atoms with Gasteiger partial charge >= 0.3 is 5.97 Å². The van der Waals surface area contributed by atoms with Gasteiger partial charge in [-0.15, -0.1) is 0 Å². The second-order valence-corrected chi connectivity index (χ2v) is 11.7. The van der Waals surface area contributed by atoms with Crippen molar-refractivity contribution in [2.75, 3.05) is 25.4 Å². The predicted molar refractivity (Wildman–Crippen MR) is 107 cm³/mol. The van der Waals surface area contributed by atoms with Gasteiger partial charge in [-0.05, 0) is 12.1 Å². The summed E-state index contributed by atoms with van der Waals surface area (Å²) < 4.78 is 94.4. The maximum Gasteiger partial charge on any atom is 0.338 e. The van der Waals surface area contributed by atoms with Crippen LogP contribution in [-0.2, 0) is 52.4 Å². The summed E-state index contributed by atoms with van der Waals surface area (Å²) >= 11 is 0. The number of carbonyl (C=O) groups is 1. The Balaban J connectivity index is 2.48. The van der Waals surface area contributed by atoms with Crippen LogP contribution in [0.2, 0.25) is 0 Å². The molecule has 5 unspecified atom stereocenters. The fourth-order valence-corrected chi connectivity index (χ4v) is 4.37. The van der Waals surface area contributed by atoms with Crippen molar-refractivity contribution in [3.05, 3.63) is 35.9 Å². The average Bonchev–Trinajstić information content (AvgIpc) is 2.63. The van der Waals surface area contributed by atoms with Gasteiger partial charge in [0.1, 0.15) is 12.2 Å². The minimum atomic E-state index is -4.29. The molecule has 0 aliphatic carbocycles. The first kappa shape index (κ1) is 26.6. The molecule has 0 aromatic heterocycles. The Morgan fingerprint density at radius 3 is 1.91 bits per heavy atom. The number of hydrogen-bond acceptors (Lipinski definition) is 13. The highest BCUT2D eigenvalue weighted by Crippen LogP contribution is 2.30. The molecule has 0 bridgehead atoms. The topological polar surface area (TPSA) is 186 Å². The SMILES string of the molecule is CS(=O)(=O)OCC1OC(O)C(OS(C)(=O)=O)C(OC(=O)c2ccccc2)C1OS(C)(=O)=O. The van der Waals surface area contributed by atoms with Crippen molar-refractivity contribution in [2.45, 2.75) is 30.7 Å². The monoisotopic (exact) mass is 518 g/mol. The first-order chi connectivity index (χ1) is 14.6. The summed E-state index contributed by atoms with van der Waals surface area (Å²) in [5.74, 6) is -1.03. The minimum absolute atomic E-state index is 0.00799. The third-order valence-corrected chi connectivity index (χ3v) is 5.59. The van der Waals surface area contributed by atoms with E-state index in [1.54, 1.807) is 6.07 Å². The van der Waals surface area contributed by atoms with Gasteiger partial charge < -0.3 is 14.6 Å². The molecule has 182 valence electrons. The lowest BCUT2D eigenvalue weighted by Crippen LogP contribution is -2.62. The highest BCUT2D eigenvalue weighted by molar-refractivity contribution is 7.86. The van der Waals surface area contributed by atoms with Gasteiger partial charge in [-0.3, -0.25) is 12.5 Å². The molecule has 5 atom stereocenters. The van der Waals surface area contributed by atoms with Crippen molar-refractivity contribution in [1.82, 2.24) is 0 Å². The lowest BCUT2D eigenvalue weighted by atomic mass is 9.99. The fraction of sp³-hybridized carbons (Fsp3) is 0.562. The second-order valence-electron chi connectivity index (χ2n) is 6.82. The smallest absolute Gasteiger partial charge is 0.338 e. The summed E-state index contributed by atoms with van der Waals surface area (Å²) in [7, 11) is -12.6. The summed E-state index contributed by atoms with van der Waals surface area (Å²) in [5, 5.41) is 10.3. The Bertz CT molecular complexity index is 1110. The predicted octanol–water partition coefficient (Wildman–Crippen LogP) is -1.40. The molecule has 1 aromatic carbocycles. The van der Waals surface area contributed by atoms with Crippen LogP contribution in [0.5, 0.6) is 0 Å². The maximum atomic E-state index is 12.6. The van der Waals surface area contributed by atoms with Gasteiger partial charge in [0.15, 0.2) is 18.5 Å². The summed E-state index contributed by atoms with van der Waals surface area (Å²) in [6.07, 6.45) is -7.37. The fourth-order valence-electron chi connectivity index (χ4n) is 2.74. The number of carbonyl (C=O) groups excluding carboxylic acids is 1. The van der Waals surface area contributed by atoms with Gasteiger partial charge in [-0.2, -0.15) is 25.3 Å². The van der Waals surface area contributed by atoms with E-state index in [9.17, 15) is 35.2 Å². The minimum Gasteiger partial charge on any atom is -0.453 e. The van der Waals surface area contributed by atoms with E-state index in [-0.39, 0.29) is 5.56 Å². The Kier molecular flexibility index (Phi) is 8.38. The molecule has 13 nitrogen and oxygen atoms in total. The van der Waals surface area contributed by atoms with Crippen LogP contribution in [0.1, 0.15) is 10.4 Å². The Labute approximate surface area is 185 Å². The number of esters is 1. The van der Waals surface area contributed by atoms with Crippen LogP contribution < -0.4 is 0 Å². The van der Waals surface area contributed by atoms with E-state index in [1.807, 2.05) is 0 Å². The summed E-state index contributed by atoms with van der Waals surface area (Å²) in [5.41, 5.74) is 0.00799. The molecule has 1 aliphatic heterocycles. The number of hydrogen-bond donors (Lipinski definition) is 1. The van der Waals surface area contributed by atoms with Gasteiger partial charge in [0.2, 0.25) is 0 Å². The molecule has 1 N–H and O–H groups in total. The quantitative estimate of drug-likeness (QED) is 0.297. The molecular formula is C16H22O13S3. The molecule has 32 heavy (non-hydrogen) atoms. The number of benzene rings is 1. The van der Waals surface area contributed by atoms with E-state index in [4.69, 9.17) is 17.8 Å². The summed E-state index contributed by atoms with van der Waals surface area (Å²) in [6.45, 7) is -0.846. The van der Waals surface area contributed by atoms with Crippen LogP contribution in [0.4, 0.5) is 0 Å². The molecule has 1 aliphatic rings. The summed E-state index contributed by atoms with van der Waals surface area (Å²) in [4.78, 5) is 12.6. The maximum absolute atomic E-state index is 12.6. The molecule has 0 radical (unpaired) electrons. The molecular weight excluding hydrogens is 496 g/mol. The van der Waals surface area contributed by atoms with E-state index in [2.05, 4.69) is 4.18 Å². The number of rotatable bonds is 9. The van der Waals surface area contributed by atoms with Gasteiger partial charge in [0.25, 0.3) is 30.4 Å². The standard InChI is InChI=1S/C16H22O13S3/c1-30(19,20)25-9-11-12(28-31(2,21)22)13(14(16(18)26-11)29-32(3,23)24)27-15(17)10-7-5-4-6-8-10/h4-8,11-14,16,18H,9H2,1-3H3. The zero-order valence-electron chi connectivity index (χ0n) is 17.1. The van der Waals surface area contributed by atoms with E-state index in [0.29, 0.717) is 18.8 Å². The average molecular weight is 519 g/mol. The molecule has 2 rings (SSSR count). The van der Waals surface area contributed by atoms with Gasteiger partial charge in [-0.25, -0.2) is 4.79 Å². The van der Waals surface area contributed by atoms with Crippen molar-refractivity contribution in [3.8, 4) is 0 Å². The lowest BCUT2D eigenvalue weighted by Gasteiger charge is -2.42. The van der Waals surface area contributed by atoms with Crippen LogP contribution in [0.25, 0.3) is 0 Å². The van der Waals surface area contributed by atoms with Crippen LogP contribution >= 0.6 is 0 Å². The van der Waals surface area contributed by atoms with E-state index in [1.165, 1.54) is 24.3 Å². The van der Waals surface area contributed by atoms with Gasteiger partial charge in [0, 0.05) is 0 Å². The van der Waals surface area contributed by atoms with Crippen LogP contribution in [0.15, 0.2) is 30.3 Å². The molecule has 0 saturated carbocycles. The first-order valence-corrected chi connectivity index (χ1v) is 14.2. The molecule has 1 saturated heterocycles. The highest BCUT2D eigenvalue weighted by Gasteiger charge is 2.52. The third-order valence-electron chi connectivity index (χ3n) is 3.88. The first-order valence-electron chi connectivity index (χ1n) is 8.76. The highest BCUT2D eigenvalue weighted by atomic mass is 32.2. The number of aliphatic hydroxyl groups excluding tert-OH is 1. The number of aliphatic hydroxyl groups is 1. The van der Waals surface area contributed by atoms with Crippen LogP contribution in [0.3, 0.4) is 0 Å². The third kappa shape index (κ3) is 8.36. The molecule has 16 heteroatoms. The number of ether oxygens (including phenoxy) is 2. The van der Waals surface area contributed by atoms with Gasteiger partial charge in [-0.1, -0.05) is 18.2 Å². The zero-order chi connectivity index (χ0) is 24.3. The second kappa shape index (κ2) is 10.1. The van der Waals surface area contributed by atoms with Crippen molar-refractivity contribution in [2.24, 2.45) is 0 Å². The van der Waals surface area contributed by atoms with Crippen LogP contribution in [0, 0.1) is 0 Å². The van der Waals surface area contributed by atoms with E-state index >= 15 is 0 Å². The molecule has 0 amide bonds.